The summed E-state index contributed by atoms with van der Waals surface area (Å²) in [6, 6.07) is 3.67. The second-order valence-corrected chi connectivity index (χ2v) is 5.66. The number of nitrogens with zero attached hydrogens (tertiary/aromatic N) is 5. The molecule has 1 saturated heterocycles. The number of rotatable bonds is 1. The number of piperidine rings is 1. The first-order valence-electron chi connectivity index (χ1n) is 9.08. The first-order chi connectivity index (χ1) is 13.2. The topological polar surface area (TPSA) is 114 Å². The number of hydrogen-bond acceptors (Lipinski definition) is 7. The van der Waals surface area contributed by atoms with Crippen LogP contribution in [0.2, 0.25) is 0 Å². The minimum atomic E-state index is 0.444. The Kier molecular flexibility index (Phi) is 10.2. The van der Waals surface area contributed by atoms with Crippen molar-refractivity contribution in [3.8, 4) is 11.3 Å². The van der Waals surface area contributed by atoms with E-state index < -0.39 is 0 Å². The lowest BCUT2D eigenvalue weighted by Crippen LogP contribution is -2.24. The molecule has 3 aromatic heterocycles. The third-order valence-electron chi connectivity index (χ3n) is 3.85. The van der Waals surface area contributed by atoms with E-state index in [1.165, 1.54) is 32.4 Å². The van der Waals surface area contributed by atoms with E-state index in [1.54, 1.807) is 18.6 Å². The van der Waals surface area contributed by atoms with Crippen molar-refractivity contribution < 1.29 is 4.79 Å². The molecule has 1 aliphatic rings. The summed E-state index contributed by atoms with van der Waals surface area (Å²) in [6.07, 6.45) is 9.19. The fourth-order valence-corrected chi connectivity index (χ4v) is 2.55. The zero-order valence-electron chi connectivity index (χ0n) is 16.4. The van der Waals surface area contributed by atoms with Crippen LogP contribution in [-0.2, 0) is 4.79 Å². The molecule has 27 heavy (non-hydrogen) atoms. The third kappa shape index (κ3) is 6.74. The molecular formula is C19H29N7O. The highest BCUT2D eigenvalue weighted by Gasteiger charge is 2.07. The van der Waals surface area contributed by atoms with E-state index in [0.29, 0.717) is 22.7 Å². The van der Waals surface area contributed by atoms with Gasteiger partial charge in [-0.3, -0.25) is 5.10 Å². The van der Waals surface area contributed by atoms with Crippen LogP contribution in [0.15, 0.2) is 30.7 Å². The van der Waals surface area contributed by atoms with Crippen LogP contribution in [0.1, 0.15) is 33.1 Å². The van der Waals surface area contributed by atoms with E-state index in [1.807, 2.05) is 32.8 Å². The number of hydrogen-bond donors (Lipinski definition) is 2. The molecule has 0 amide bonds. The van der Waals surface area contributed by atoms with Gasteiger partial charge in [-0.15, -0.1) is 0 Å². The maximum atomic E-state index is 8.00. The number of nitrogens with two attached hydrogens (primary N) is 1. The van der Waals surface area contributed by atoms with E-state index in [0.717, 1.165) is 5.56 Å². The van der Waals surface area contributed by atoms with Gasteiger partial charge in [-0.2, -0.15) is 5.10 Å². The fourth-order valence-electron chi connectivity index (χ4n) is 2.55. The highest BCUT2D eigenvalue weighted by molar-refractivity contribution is 5.76. The van der Waals surface area contributed by atoms with Crippen LogP contribution in [-0.4, -0.2) is 57.0 Å². The van der Waals surface area contributed by atoms with Crippen molar-refractivity contribution >= 4 is 23.8 Å². The lowest BCUT2D eigenvalue weighted by Gasteiger charge is -2.20. The van der Waals surface area contributed by atoms with Crippen LogP contribution in [0.25, 0.3) is 22.4 Å². The summed E-state index contributed by atoms with van der Waals surface area (Å²) >= 11 is 0. The maximum absolute atomic E-state index is 8.00. The van der Waals surface area contributed by atoms with Crippen LogP contribution >= 0.6 is 0 Å². The van der Waals surface area contributed by atoms with Crippen LogP contribution in [0, 0.1) is 0 Å². The van der Waals surface area contributed by atoms with Gasteiger partial charge in [0.1, 0.15) is 18.1 Å². The highest BCUT2D eigenvalue weighted by atomic mass is 16.1. The first-order valence-corrected chi connectivity index (χ1v) is 9.08. The van der Waals surface area contributed by atoms with E-state index in [-0.39, 0.29) is 0 Å². The second-order valence-electron chi connectivity index (χ2n) is 5.66. The molecule has 0 unspecified atom stereocenters. The predicted octanol–water partition coefficient (Wildman–Crippen LogP) is 2.94. The molecule has 0 aromatic carbocycles. The molecule has 0 bridgehead atoms. The van der Waals surface area contributed by atoms with Crippen LogP contribution in [0.5, 0.6) is 0 Å². The number of H-pyrrole nitrogens is 1. The normalized spacial score (nSPS) is 13.3. The summed E-state index contributed by atoms with van der Waals surface area (Å²) in [5.74, 6) is 0.444. The number of aromatic amines is 1. The van der Waals surface area contributed by atoms with Gasteiger partial charge in [-0.1, -0.05) is 20.3 Å². The molecule has 1 fully saturated rings. The van der Waals surface area contributed by atoms with Gasteiger partial charge in [-0.05, 0) is 45.1 Å². The molecule has 4 heterocycles. The molecule has 0 radical (unpaired) electrons. The van der Waals surface area contributed by atoms with Crippen LogP contribution in [0.3, 0.4) is 0 Å². The van der Waals surface area contributed by atoms with E-state index in [4.69, 9.17) is 10.5 Å². The lowest BCUT2D eigenvalue weighted by atomic mass is 10.1. The minimum absolute atomic E-state index is 0.444. The van der Waals surface area contributed by atoms with Crippen LogP contribution in [0.4, 0.5) is 5.82 Å². The van der Waals surface area contributed by atoms with Crippen molar-refractivity contribution in [1.29, 1.82) is 0 Å². The molecule has 1 aliphatic heterocycles. The average molecular weight is 371 g/mol. The van der Waals surface area contributed by atoms with Gasteiger partial charge in [0.25, 0.3) is 0 Å². The quantitative estimate of drug-likeness (QED) is 0.676. The second kappa shape index (κ2) is 12.5. The Labute approximate surface area is 160 Å². The Hall–Kier alpha value is -2.87. The van der Waals surface area contributed by atoms with Crippen molar-refractivity contribution in [2.24, 2.45) is 0 Å². The molecule has 3 N–H and O–H groups in total. The summed E-state index contributed by atoms with van der Waals surface area (Å²) < 4.78 is 0. The number of aromatic nitrogens is 5. The van der Waals surface area contributed by atoms with Crippen molar-refractivity contribution in [3.63, 3.8) is 0 Å². The van der Waals surface area contributed by atoms with Gasteiger partial charge < -0.3 is 15.4 Å². The molecule has 4 rings (SSSR count). The molecule has 0 saturated carbocycles. The van der Waals surface area contributed by atoms with Gasteiger partial charge in [-0.25, -0.2) is 15.0 Å². The lowest BCUT2D eigenvalue weighted by molar-refractivity contribution is -0.0979. The number of nitrogen functional groups attached to an aromatic ring is 1. The standard InChI is InChI=1S/C10H8N6.C6H13N.C2H6.CH2O/c11-9-6(2-1-3-12-9)7-4-13-10-8(15-7)5-14-16-10;1-7-5-3-2-4-6-7;2*1-2/h1-5H,(H2,11,12)(H,13,14,16);2-6H2,1H3;1-2H3;1H2. The molecule has 0 spiro atoms. The number of carbonyl (C=O) groups excluding carboxylic acids is 1. The summed E-state index contributed by atoms with van der Waals surface area (Å²) in [7, 11) is 2.19. The Balaban J connectivity index is 0.000000279. The van der Waals surface area contributed by atoms with Gasteiger partial charge in [0.15, 0.2) is 5.65 Å². The molecule has 3 aromatic rings. The Bertz CT molecular complexity index is 784. The summed E-state index contributed by atoms with van der Waals surface area (Å²) in [6.45, 7) is 8.64. The number of pyridine rings is 1. The summed E-state index contributed by atoms with van der Waals surface area (Å²) in [4.78, 5) is 23.0. The van der Waals surface area contributed by atoms with E-state index in [9.17, 15) is 0 Å². The molecule has 0 aliphatic carbocycles. The maximum Gasteiger partial charge on any atom is 0.174 e. The monoisotopic (exact) mass is 371 g/mol. The Morgan fingerprint density at radius 1 is 1.11 bits per heavy atom. The smallest absolute Gasteiger partial charge is 0.174 e. The van der Waals surface area contributed by atoms with Gasteiger partial charge in [0.2, 0.25) is 0 Å². The number of fused-ring (bicyclic) bond motifs is 1. The Morgan fingerprint density at radius 2 is 1.81 bits per heavy atom. The van der Waals surface area contributed by atoms with Gasteiger partial charge in [0.05, 0.1) is 18.1 Å². The molecule has 146 valence electrons. The molecular weight excluding hydrogens is 342 g/mol. The van der Waals surface area contributed by atoms with Gasteiger partial charge in [0, 0.05) is 11.8 Å². The highest BCUT2D eigenvalue weighted by Crippen LogP contribution is 2.22. The van der Waals surface area contributed by atoms with Crippen molar-refractivity contribution in [1.82, 2.24) is 30.0 Å². The number of anilines is 1. The first kappa shape index (κ1) is 22.2. The number of nitrogens with one attached hydrogen (secondary N) is 1. The fraction of sp³-hybridized carbons (Fsp3) is 0.421. The third-order valence-corrected chi connectivity index (χ3v) is 3.85. The van der Waals surface area contributed by atoms with E-state index >= 15 is 0 Å². The van der Waals surface area contributed by atoms with E-state index in [2.05, 4.69) is 37.1 Å². The minimum Gasteiger partial charge on any atom is -0.383 e. The van der Waals surface area contributed by atoms with Gasteiger partial charge >= 0.3 is 0 Å². The molecule has 8 heteroatoms. The number of carbonyl (C=O) groups is 1. The SMILES string of the molecule is C=O.CC.CN1CCCCC1.Nc1ncccc1-c1cnc2[nH]ncc2n1. The zero-order chi connectivity index (χ0) is 20.1. The largest absolute Gasteiger partial charge is 0.383 e. The summed E-state index contributed by atoms with van der Waals surface area (Å²) in [5.41, 5.74) is 8.61. The predicted molar refractivity (Wildman–Crippen MR) is 109 cm³/mol. The van der Waals surface area contributed by atoms with Crippen molar-refractivity contribution in [2.45, 2.75) is 33.1 Å². The zero-order valence-corrected chi connectivity index (χ0v) is 16.4. The van der Waals surface area contributed by atoms with Crippen molar-refractivity contribution in [3.05, 3.63) is 30.7 Å². The number of likely N-dealkylation sites (tertiary alicyclic amines) is 1. The van der Waals surface area contributed by atoms with Crippen LogP contribution < -0.4 is 5.73 Å². The molecule has 8 nitrogen and oxygen atoms in total. The molecule has 0 atom stereocenters. The summed E-state index contributed by atoms with van der Waals surface area (Å²) in [5, 5.41) is 6.60. The Morgan fingerprint density at radius 3 is 2.41 bits per heavy atom. The van der Waals surface area contributed by atoms with Crippen molar-refractivity contribution in [2.75, 3.05) is 25.9 Å². The average Bonchev–Trinajstić information content (AvgIpc) is 3.20.